The van der Waals surface area contributed by atoms with Gasteiger partial charge in [-0.3, -0.25) is 4.79 Å². The van der Waals surface area contributed by atoms with Crippen LogP contribution in [0.4, 0.5) is 24.5 Å². The van der Waals surface area contributed by atoms with Crippen molar-refractivity contribution in [2.75, 3.05) is 38.4 Å². The van der Waals surface area contributed by atoms with Crippen LogP contribution >= 0.6 is 0 Å². The molecule has 0 unspecified atom stereocenters. The lowest BCUT2D eigenvalue weighted by Crippen LogP contribution is -2.36. The molecular weight excluding hydrogens is 595 g/mol. The van der Waals surface area contributed by atoms with Gasteiger partial charge in [0.2, 0.25) is 0 Å². The SMILES string of the molecule is C=CC(=O)NS(=O)(=O)c1ccc(NCC#Cc2cc3c(NC4CCC(N(C)C)CC4)cccc3n2CC(F)(F)F)c(OC)c1. The molecule has 236 valence electrons. The van der Waals surface area contributed by atoms with Gasteiger partial charge in [0.1, 0.15) is 12.3 Å². The van der Waals surface area contributed by atoms with E-state index in [-0.39, 0.29) is 28.9 Å². The number of nitrogens with one attached hydrogen (secondary N) is 3. The van der Waals surface area contributed by atoms with Gasteiger partial charge in [-0.25, -0.2) is 13.1 Å². The summed E-state index contributed by atoms with van der Waals surface area (Å²) in [5.74, 6) is 5.03. The van der Waals surface area contributed by atoms with E-state index in [4.69, 9.17) is 4.74 Å². The maximum atomic E-state index is 13.6. The summed E-state index contributed by atoms with van der Waals surface area (Å²) >= 11 is 0. The molecule has 1 aromatic heterocycles. The quantitative estimate of drug-likeness (QED) is 0.215. The Morgan fingerprint density at radius 2 is 1.86 bits per heavy atom. The summed E-state index contributed by atoms with van der Waals surface area (Å²) < 4.78 is 74.0. The Morgan fingerprint density at radius 1 is 1.14 bits per heavy atom. The van der Waals surface area contributed by atoms with Crippen LogP contribution in [-0.4, -0.2) is 69.8 Å². The number of carbonyl (C=O) groups is 1. The lowest BCUT2D eigenvalue weighted by molar-refractivity contribution is -0.140. The number of nitrogens with zero attached hydrogens (tertiary/aromatic N) is 2. The minimum absolute atomic E-state index is 0.0312. The largest absolute Gasteiger partial charge is 0.495 e. The van der Waals surface area contributed by atoms with Crippen LogP contribution in [0.25, 0.3) is 10.9 Å². The number of sulfonamides is 1. The van der Waals surface area contributed by atoms with Crippen molar-refractivity contribution >= 4 is 38.2 Å². The zero-order valence-electron chi connectivity index (χ0n) is 24.8. The Bertz CT molecular complexity index is 1680. The number of methoxy groups -OCH3 is 1. The average molecular weight is 632 g/mol. The molecule has 0 aliphatic heterocycles. The zero-order valence-corrected chi connectivity index (χ0v) is 25.6. The molecule has 3 N–H and O–H groups in total. The molecule has 1 amide bonds. The van der Waals surface area contributed by atoms with Gasteiger partial charge in [-0.1, -0.05) is 18.6 Å². The lowest BCUT2D eigenvalue weighted by Gasteiger charge is -2.33. The van der Waals surface area contributed by atoms with E-state index < -0.39 is 28.7 Å². The van der Waals surface area contributed by atoms with Gasteiger partial charge < -0.3 is 24.8 Å². The predicted octanol–water partition coefficient (Wildman–Crippen LogP) is 4.95. The number of amides is 1. The molecule has 0 atom stereocenters. The van der Waals surface area contributed by atoms with Crippen molar-refractivity contribution in [3.05, 3.63) is 60.8 Å². The standard InChI is InChI=1S/C31H36F3N5O4S/c1-5-30(40)37-44(41,42)24-15-16-27(29(19-24)43-4)35-17-7-8-23-18-25-26(36-21-11-13-22(14-12-21)38(2)3)9-6-10-28(25)39(23)20-31(32,33)34/h5-6,9-10,15-16,18-19,21-22,35-36H,1,11-14,17,20H2,2-4H3,(H,37,40). The minimum Gasteiger partial charge on any atom is -0.495 e. The van der Waals surface area contributed by atoms with Crippen molar-refractivity contribution in [3.63, 3.8) is 0 Å². The first-order chi connectivity index (χ1) is 20.8. The number of hydrogen-bond donors (Lipinski definition) is 3. The number of aromatic nitrogens is 1. The molecule has 44 heavy (non-hydrogen) atoms. The molecule has 9 nitrogen and oxygen atoms in total. The van der Waals surface area contributed by atoms with Gasteiger partial charge >= 0.3 is 6.18 Å². The van der Waals surface area contributed by atoms with Crippen LogP contribution in [0, 0.1) is 11.8 Å². The van der Waals surface area contributed by atoms with E-state index in [2.05, 4.69) is 48.0 Å². The fourth-order valence-electron chi connectivity index (χ4n) is 5.31. The van der Waals surface area contributed by atoms with E-state index in [1.54, 1.807) is 18.2 Å². The van der Waals surface area contributed by atoms with Crippen molar-refractivity contribution in [3.8, 4) is 17.6 Å². The highest BCUT2D eigenvalue weighted by atomic mass is 32.2. The molecule has 0 radical (unpaired) electrons. The summed E-state index contributed by atoms with van der Waals surface area (Å²) in [6, 6.07) is 11.7. The topological polar surface area (TPSA) is 105 Å². The summed E-state index contributed by atoms with van der Waals surface area (Å²) in [5, 5.41) is 7.23. The van der Waals surface area contributed by atoms with Gasteiger partial charge in [0.25, 0.3) is 15.9 Å². The highest BCUT2D eigenvalue weighted by Gasteiger charge is 2.30. The van der Waals surface area contributed by atoms with E-state index in [9.17, 15) is 26.4 Å². The Labute approximate surface area is 255 Å². The molecule has 1 fully saturated rings. The predicted molar refractivity (Wildman–Crippen MR) is 165 cm³/mol. The maximum absolute atomic E-state index is 13.6. The Kier molecular flexibility index (Phi) is 10.2. The van der Waals surface area contributed by atoms with Gasteiger partial charge in [-0.2, -0.15) is 13.2 Å². The molecule has 0 bridgehead atoms. The highest BCUT2D eigenvalue weighted by Crippen LogP contribution is 2.33. The van der Waals surface area contributed by atoms with Crippen LogP contribution in [0.15, 0.2) is 60.0 Å². The van der Waals surface area contributed by atoms with Crippen LogP contribution < -0.4 is 20.1 Å². The first-order valence-electron chi connectivity index (χ1n) is 14.0. The monoisotopic (exact) mass is 631 g/mol. The fraction of sp³-hybridized carbons (Fsp3) is 0.387. The third kappa shape index (κ3) is 8.06. The van der Waals surface area contributed by atoms with Crippen LogP contribution in [-0.2, 0) is 21.4 Å². The summed E-state index contributed by atoms with van der Waals surface area (Å²) in [7, 11) is 1.36. The van der Waals surface area contributed by atoms with Crippen molar-refractivity contribution < 1.29 is 31.1 Å². The van der Waals surface area contributed by atoms with Gasteiger partial charge in [-0.15, -0.1) is 0 Å². The Hall–Kier alpha value is -4.15. The minimum atomic E-state index is -4.45. The van der Waals surface area contributed by atoms with E-state index in [1.807, 2.05) is 10.8 Å². The first-order valence-corrected chi connectivity index (χ1v) is 15.5. The second-order valence-electron chi connectivity index (χ2n) is 10.8. The van der Waals surface area contributed by atoms with E-state index >= 15 is 0 Å². The van der Waals surface area contributed by atoms with Gasteiger partial charge in [0.05, 0.1) is 35.4 Å². The highest BCUT2D eigenvalue weighted by molar-refractivity contribution is 7.90. The number of hydrogen-bond acceptors (Lipinski definition) is 7. The average Bonchev–Trinajstić information content (AvgIpc) is 3.31. The summed E-state index contributed by atoms with van der Waals surface area (Å²) in [5.41, 5.74) is 1.84. The van der Waals surface area contributed by atoms with Crippen LogP contribution in [0.2, 0.25) is 0 Å². The molecule has 1 aliphatic rings. The Balaban J connectivity index is 1.55. The number of fused-ring (bicyclic) bond motifs is 1. The number of halogens is 3. The van der Waals surface area contributed by atoms with Crippen LogP contribution in [0.3, 0.4) is 0 Å². The van der Waals surface area contributed by atoms with Crippen molar-refractivity contribution in [1.82, 2.24) is 14.2 Å². The third-order valence-electron chi connectivity index (χ3n) is 7.56. The van der Waals surface area contributed by atoms with Crippen molar-refractivity contribution in [2.45, 2.75) is 55.4 Å². The molecule has 1 heterocycles. The van der Waals surface area contributed by atoms with Gasteiger partial charge in [0.15, 0.2) is 0 Å². The van der Waals surface area contributed by atoms with Crippen LogP contribution in [0.5, 0.6) is 5.75 Å². The van der Waals surface area contributed by atoms with E-state index in [1.165, 1.54) is 29.9 Å². The summed E-state index contributed by atoms with van der Waals surface area (Å²) in [6.07, 6.45) is 0.436. The molecule has 13 heteroatoms. The van der Waals surface area contributed by atoms with Crippen molar-refractivity contribution in [2.24, 2.45) is 0 Å². The zero-order chi connectivity index (χ0) is 32.1. The molecule has 2 aromatic carbocycles. The second-order valence-corrected chi connectivity index (χ2v) is 12.5. The van der Waals surface area contributed by atoms with E-state index in [0.29, 0.717) is 22.6 Å². The fourth-order valence-corrected chi connectivity index (χ4v) is 6.29. The Morgan fingerprint density at radius 3 is 2.50 bits per heavy atom. The van der Waals surface area contributed by atoms with Crippen molar-refractivity contribution in [1.29, 1.82) is 0 Å². The summed E-state index contributed by atoms with van der Waals surface area (Å²) in [4.78, 5) is 13.5. The number of rotatable bonds is 10. The maximum Gasteiger partial charge on any atom is 0.406 e. The van der Waals surface area contributed by atoms with Gasteiger partial charge in [-0.05, 0) is 82.1 Å². The molecule has 1 saturated carbocycles. The molecule has 3 aromatic rings. The molecular formula is C31H36F3N5O4S. The molecule has 4 rings (SSSR count). The lowest BCUT2D eigenvalue weighted by atomic mass is 9.90. The number of benzene rings is 2. The second kappa shape index (κ2) is 13.7. The van der Waals surface area contributed by atoms with Crippen LogP contribution in [0.1, 0.15) is 31.4 Å². The number of carbonyl (C=O) groups excluding carboxylic acids is 1. The third-order valence-corrected chi connectivity index (χ3v) is 8.90. The number of ether oxygens (including phenoxy) is 1. The van der Waals surface area contributed by atoms with E-state index in [0.717, 1.165) is 37.4 Å². The number of anilines is 2. The summed E-state index contributed by atoms with van der Waals surface area (Å²) in [6.45, 7) is 2.08. The molecule has 0 spiro atoms. The molecule has 1 aliphatic carbocycles. The first kappa shape index (κ1) is 32.8. The number of alkyl halides is 3. The van der Waals surface area contributed by atoms with Gasteiger partial charge in [0, 0.05) is 29.2 Å². The smallest absolute Gasteiger partial charge is 0.406 e. The normalized spacial score (nSPS) is 17.1. The molecule has 0 saturated heterocycles.